The van der Waals surface area contributed by atoms with E-state index in [0.717, 1.165) is 0 Å². The number of hydrogen-bond donors (Lipinski definition) is 0. The summed E-state index contributed by atoms with van der Waals surface area (Å²) < 4.78 is 50.2. The van der Waals surface area contributed by atoms with Gasteiger partial charge in [0, 0.05) is 13.2 Å². The van der Waals surface area contributed by atoms with Gasteiger partial charge in [0.15, 0.2) is 6.29 Å². The number of rotatable bonds is 8. The molecule has 3 nitrogen and oxygen atoms in total. The van der Waals surface area contributed by atoms with E-state index in [9.17, 15) is 13.2 Å². The fourth-order valence-electron chi connectivity index (χ4n) is 0.884. The van der Waals surface area contributed by atoms with E-state index < -0.39 is 18.9 Å². The fourth-order valence-corrected chi connectivity index (χ4v) is 0.884. The normalized spacial score (nSPS) is 12.4. The zero-order valence-electron chi connectivity index (χ0n) is 8.97. The fraction of sp³-hybridized carbons (Fsp3) is 1.00. The lowest BCUT2D eigenvalue weighted by Crippen LogP contribution is -2.24. The summed E-state index contributed by atoms with van der Waals surface area (Å²) in [6, 6.07) is 0. The Kier molecular flexibility index (Phi) is 7.72. The highest BCUT2D eigenvalue weighted by molar-refractivity contribution is 4.49. The second kappa shape index (κ2) is 7.90. The molecule has 0 spiro atoms. The summed E-state index contributed by atoms with van der Waals surface area (Å²) in [4.78, 5) is 0. The highest BCUT2D eigenvalue weighted by Crippen LogP contribution is 2.19. The number of halogens is 3. The predicted octanol–water partition coefficient (Wildman–Crippen LogP) is 2.35. The highest BCUT2D eigenvalue weighted by Gasteiger charge is 2.26. The van der Waals surface area contributed by atoms with Gasteiger partial charge >= 0.3 is 6.18 Å². The first-order valence-electron chi connectivity index (χ1n) is 4.87. The third-order valence-electron chi connectivity index (χ3n) is 1.49. The van der Waals surface area contributed by atoms with Crippen molar-refractivity contribution in [2.24, 2.45) is 0 Å². The third-order valence-corrected chi connectivity index (χ3v) is 1.49. The van der Waals surface area contributed by atoms with Gasteiger partial charge in [0.25, 0.3) is 0 Å². The molecule has 0 aliphatic heterocycles. The molecule has 6 heteroatoms. The zero-order valence-corrected chi connectivity index (χ0v) is 8.97. The Bertz CT molecular complexity index is 144. The van der Waals surface area contributed by atoms with Crippen LogP contribution < -0.4 is 0 Å². The Balaban J connectivity index is 3.52. The first-order valence-corrected chi connectivity index (χ1v) is 4.87. The van der Waals surface area contributed by atoms with Gasteiger partial charge in [0.05, 0.1) is 19.6 Å². The molecule has 0 aromatic rings. The van der Waals surface area contributed by atoms with Gasteiger partial charge in [-0.05, 0) is 13.8 Å². The molecular formula is C9H17F3O3. The van der Waals surface area contributed by atoms with Gasteiger partial charge in [0.2, 0.25) is 0 Å². The van der Waals surface area contributed by atoms with Crippen LogP contribution in [-0.4, -0.2) is 38.9 Å². The molecule has 0 atom stereocenters. The lowest BCUT2D eigenvalue weighted by molar-refractivity contribution is -0.180. The summed E-state index contributed by atoms with van der Waals surface area (Å²) in [5, 5.41) is 0. The second-order valence-corrected chi connectivity index (χ2v) is 2.78. The van der Waals surface area contributed by atoms with Crippen LogP contribution in [0.2, 0.25) is 0 Å². The monoisotopic (exact) mass is 230 g/mol. The van der Waals surface area contributed by atoms with Crippen molar-refractivity contribution in [1.29, 1.82) is 0 Å². The van der Waals surface area contributed by atoms with Crippen LogP contribution in [0.4, 0.5) is 13.2 Å². The van der Waals surface area contributed by atoms with E-state index in [-0.39, 0.29) is 13.2 Å². The summed E-state index contributed by atoms with van der Waals surface area (Å²) in [7, 11) is 0. The molecule has 0 bridgehead atoms. The van der Waals surface area contributed by atoms with Crippen LogP contribution in [0.25, 0.3) is 0 Å². The molecule has 0 aliphatic rings. The highest BCUT2D eigenvalue weighted by atomic mass is 19.4. The average Bonchev–Trinajstić information content (AvgIpc) is 2.11. The Morgan fingerprint density at radius 3 is 2.00 bits per heavy atom. The molecule has 0 N–H and O–H groups in total. The van der Waals surface area contributed by atoms with Crippen molar-refractivity contribution in [3.8, 4) is 0 Å². The average molecular weight is 230 g/mol. The van der Waals surface area contributed by atoms with Crippen molar-refractivity contribution in [2.45, 2.75) is 32.7 Å². The van der Waals surface area contributed by atoms with E-state index in [1.54, 1.807) is 13.8 Å². The maximum atomic E-state index is 11.7. The maximum Gasteiger partial charge on any atom is 0.391 e. The largest absolute Gasteiger partial charge is 0.391 e. The molecule has 0 aliphatic carbocycles. The molecular weight excluding hydrogens is 213 g/mol. The van der Waals surface area contributed by atoms with E-state index in [1.165, 1.54) is 0 Å². The summed E-state index contributed by atoms with van der Waals surface area (Å²) in [6.45, 7) is 4.10. The quantitative estimate of drug-likeness (QED) is 0.473. The van der Waals surface area contributed by atoms with Gasteiger partial charge in [-0.3, -0.25) is 0 Å². The molecule has 0 fully saturated rings. The Labute approximate surface area is 87.5 Å². The number of hydrogen-bond acceptors (Lipinski definition) is 3. The molecule has 0 rings (SSSR count). The first kappa shape index (κ1) is 14.7. The van der Waals surface area contributed by atoms with E-state index in [2.05, 4.69) is 0 Å². The van der Waals surface area contributed by atoms with Crippen LogP contribution in [0.3, 0.4) is 0 Å². The van der Waals surface area contributed by atoms with E-state index >= 15 is 0 Å². The van der Waals surface area contributed by atoms with Gasteiger partial charge < -0.3 is 14.2 Å². The van der Waals surface area contributed by atoms with E-state index in [1.807, 2.05) is 0 Å². The molecule has 0 aromatic carbocycles. The molecule has 0 unspecified atom stereocenters. The van der Waals surface area contributed by atoms with E-state index in [4.69, 9.17) is 14.2 Å². The van der Waals surface area contributed by atoms with Crippen molar-refractivity contribution >= 4 is 0 Å². The number of ether oxygens (including phenoxy) is 3. The van der Waals surface area contributed by atoms with E-state index in [0.29, 0.717) is 13.2 Å². The minimum atomic E-state index is -4.17. The Morgan fingerprint density at radius 1 is 1.07 bits per heavy atom. The molecule has 92 valence electrons. The molecule has 0 amide bonds. The van der Waals surface area contributed by atoms with Crippen LogP contribution >= 0.6 is 0 Å². The topological polar surface area (TPSA) is 27.7 Å². The predicted molar refractivity (Wildman–Crippen MR) is 48.5 cm³/mol. The first-order chi connectivity index (χ1) is 6.99. The molecule has 0 heterocycles. The van der Waals surface area contributed by atoms with Gasteiger partial charge in [-0.1, -0.05) is 0 Å². The Morgan fingerprint density at radius 2 is 1.60 bits per heavy atom. The third kappa shape index (κ3) is 9.96. The van der Waals surface area contributed by atoms with Gasteiger partial charge in [0.1, 0.15) is 0 Å². The molecule has 15 heavy (non-hydrogen) atoms. The minimum absolute atomic E-state index is 0.0256. The number of alkyl halides is 3. The zero-order chi connectivity index (χ0) is 11.7. The van der Waals surface area contributed by atoms with Crippen molar-refractivity contribution in [2.75, 3.05) is 26.4 Å². The smallest absolute Gasteiger partial charge is 0.376 e. The minimum Gasteiger partial charge on any atom is -0.376 e. The van der Waals surface area contributed by atoms with Crippen molar-refractivity contribution < 1.29 is 27.4 Å². The standard InChI is InChI=1S/C9H17F3O3/c1-3-14-8(15-4-2)7-13-6-5-9(10,11)12/h8H,3-7H2,1-2H3. The molecule has 0 saturated heterocycles. The van der Waals surface area contributed by atoms with Crippen LogP contribution in [0, 0.1) is 0 Å². The maximum absolute atomic E-state index is 11.7. The van der Waals surface area contributed by atoms with Crippen LogP contribution in [-0.2, 0) is 14.2 Å². The molecule has 0 aromatic heterocycles. The van der Waals surface area contributed by atoms with Crippen molar-refractivity contribution in [3.05, 3.63) is 0 Å². The van der Waals surface area contributed by atoms with Crippen LogP contribution in [0.1, 0.15) is 20.3 Å². The van der Waals surface area contributed by atoms with Gasteiger partial charge in [-0.2, -0.15) is 13.2 Å². The summed E-state index contributed by atoms with van der Waals surface area (Å²) in [5.41, 5.74) is 0. The lowest BCUT2D eigenvalue weighted by Gasteiger charge is -2.17. The second-order valence-electron chi connectivity index (χ2n) is 2.78. The van der Waals surface area contributed by atoms with Gasteiger partial charge in [-0.25, -0.2) is 0 Å². The van der Waals surface area contributed by atoms with Gasteiger partial charge in [-0.15, -0.1) is 0 Å². The summed E-state index contributed by atoms with van der Waals surface area (Å²) in [6.07, 6.45) is -5.70. The SMILES string of the molecule is CCOC(COCCC(F)(F)F)OCC. The van der Waals surface area contributed by atoms with Crippen LogP contribution in [0.15, 0.2) is 0 Å². The summed E-state index contributed by atoms with van der Waals surface area (Å²) in [5.74, 6) is 0. The van der Waals surface area contributed by atoms with Crippen molar-refractivity contribution in [1.82, 2.24) is 0 Å². The summed E-state index contributed by atoms with van der Waals surface area (Å²) >= 11 is 0. The Hall–Kier alpha value is -0.330. The molecule has 0 saturated carbocycles. The van der Waals surface area contributed by atoms with Crippen LogP contribution in [0.5, 0.6) is 0 Å². The molecule has 0 radical (unpaired) electrons. The lowest BCUT2D eigenvalue weighted by atomic mass is 10.4. The van der Waals surface area contributed by atoms with Crippen molar-refractivity contribution in [3.63, 3.8) is 0 Å².